The van der Waals surface area contributed by atoms with Gasteiger partial charge in [0.1, 0.15) is 29.7 Å². The van der Waals surface area contributed by atoms with Gasteiger partial charge >= 0.3 is 6.09 Å². The van der Waals surface area contributed by atoms with E-state index in [0.29, 0.717) is 19.8 Å². The first-order valence-corrected chi connectivity index (χ1v) is 14.6. The summed E-state index contributed by atoms with van der Waals surface area (Å²) in [5, 5.41) is 0. The third-order valence-corrected chi connectivity index (χ3v) is 7.01. The normalized spacial score (nSPS) is 20.3. The quantitative estimate of drug-likeness (QED) is 0.242. The van der Waals surface area contributed by atoms with E-state index in [1.807, 2.05) is 113 Å². The summed E-state index contributed by atoms with van der Waals surface area (Å²) in [6, 6.07) is 27.9. The molecule has 0 aliphatic carbocycles. The van der Waals surface area contributed by atoms with Crippen LogP contribution < -0.4 is 0 Å². The molecule has 0 radical (unpaired) electrons. The van der Waals surface area contributed by atoms with Gasteiger partial charge in [0, 0.05) is 13.0 Å². The van der Waals surface area contributed by atoms with Crippen molar-refractivity contribution >= 4 is 11.9 Å². The van der Waals surface area contributed by atoms with E-state index < -0.39 is 36.1 Å². The lowest BCUT2D eigenvalue weighted by Gasteiger charge is -2.31. The Morgan fingerprint density at radius 2 is 1.29 bits per heavy atom. The molecule has 1 aliphatic rings. The van der Waals surface area contributed by atoms with Crippen LogP contribution in [0.3, 0.4) is 0 Å². The van der Waals surface area contributed by atoms with E-state index in [2.05, 4.69) is 0 Å². The van der Waals surface area contributed by atoms with E-state index in [1.165, 1.54) is 0 Å². The van der Waals surface area contributed by atoms with Crippen LogP contribution in [0.5, 0.6) is 0 Å². The minimum Gasteiger partial charge on any atom is -0.444 e. The molecule has 1 aliphatic heterocycles. The van der Waals surface area contributed by atoms with Gasteiger partial charge in [0.25, 0.3) is 0 Å². The molecule has 3 aromatic carbocycles. The summed E-state index contributed by atoms with van der Waals surface area (Å²) in [5.41, 5.74) is 3.47. The Bertz CT molecular complexity index is 1270. The van der Waals surface area contributed by atoms with Crippen molar-refractivity contribution < 1.29 is 28.5 Å². The maximum absolute atomic E-state index is 13.5. The van der Waals surface area contributed by atoms with Crippen LogP contribution in [0.2, 0.25) is 0 Å². The third kappa shape index (κ3) is 9.51. The number of hydrogen-bond donors (Lipinski definition) is 0. The molecular weight excluding hydrogens is 530 g/mol. The maximum atomic E-state index is 13.5. The van der Waals surface area contributed by atoms with Crippen molar-refractivity contribution in [1.82, 2.24) is 4.90 Å². The average Bonchev–Trinajstić information content (AvgIpc) is 3.26. The second-order valence-corrected chi connectivity index (χ2v) is 12.0. The fourth-order valence-corrected chi connectivity index (χ4v) is 5.00. The average molecular weight is 574 g/mol. The smallest absolute Gasteiger partial charge is 0.410 e. The number of nitrogens with zero attached hydrogens (tertiary/aromatic N) is 1. The molecule has 0 unspecified atom stereocenters. The van der Waals surface area contributed by atoms with E-state index in [0.717, 1.165) is 22.3 Å². The SMILES string of the molecule is CC(=O)C[C@H]1O[C@H](CN(Cc2ccc(C)cc2)C(=O)OC(C)(C)C)[C@@H](OCc2ccccc2)[C@H]1OCc1ccccc1. The van der Waals surface area contributed by atoms with Crippen molar-refractivity contribution in [3.63, 3.8) is 0 Å². The monoisotopic (exact) mass is 573 g/mol. The van der Waals surface area contributed by atoms with Crippen molar-refractivity contribution in [3.8, 4) is 0 Å². The predicted molar refractivity (Wildman–Crippen MR) is 162 cm³/mol. The number of ether oxygens (including phenoxy) is 4. The lowest BCUT2D eigenvalue weighted by molar-refractivity contribution is -0.122. The highest BCUT2D eigenvalue weighted by Gasteiger charge is 2.47. The molecule has 4 rings (SSSR count). The summed E-state index contributed by atoms with van der Waals surface area (Å²) >= 11 is 0. The number of hydrogen-bond acceptors (Lipinski definition) is 6. The maximum Gasteiger partial charge on any atom is 0.410 e. The topological polar surface area (TPSA) is 74.3 Å². The van der Waals surface area contributed by atoms with Crippen molar-refractivity contribution in [3.05, 3.63) is 107 Å². The van der Waals surface area contributed by atoms with Gasteiger partial charge < -0.3 is 23.8 Å². The molecule has 0 bridgehead atoms. The first kappa shape index (κ1) is 31.4. The Morgan fingerprint density at radius 3 is 1.79 bits per heavy atom. The van der Waals surface area contributed by atoms with Gasteiger partial charge in [0.05, 0.1) is 25.9 Å². The van der Waals surface area contributed by atoms with Crippen molar-refractivity contribution in [2.75, 3.05) is 6.54 Å². The summed E-state index contributed by atoms with van der Waals surface area (Å²) in [6.45, 7) is 10.4. The van der Waals surface area contributed by atoms with Crippen molar-refractivity contribution in [2.24, 2.45) is 0 Å². The summed E-state index contributed by atoms with van der Waals surface area (Å²) < 4.78 is 25.3. The third-order valence-electron chi connectivity index (χ3n) is 7.01. The van der Waals surface area contributed by atoms with Gasteiger partial charge in [-0.15, -0.1) is 0 Å². The molecule has 0 aromatic heterocycles. The number of ketones is 1. The van der Waals surface area contributed by atoms with Gasteiger partial charge in [0.2, 0.25) is 0 Å². The second-order valence-electron chi connectivity index (χ2n) is 12.0. The highest BCUT2D eigenvalue weighted by molar-refractivity contribution is 5.76. The Kier molecular flexibility index (Phi) is 10.9. The summed E-state index contributed by atoms with van der Waals surface area (Å²) in [5.74, 6) is -0.000533. The fourth-order valence-electron chi connectivity index (χ4n) is 5.00. The van der Waals surface area contributed by atoms with Crippen LogP contribution in [0.15, 0.2) is 84.9 Å². The molecule has 1 saturated heterocycles. The number of Topliss-reactive ketones (excluding diaryl/α,β-unsaturated/α-hetero) is 1. The molecule has 0 saturated carbocycles. The van der Waals surface area contributed by atoms with Crippen molar-refractivity contribution in [1.29, 1.82) is 0 Å². The molecule has 224 valence electrons. The molecular formula is C35H43NO6. The number of carbonyl (C=O) groups is 2. The van der Waals surface area contributed by atoms with Crippen LogP contribution >= 0.6 is 0 Å². The summed E-state index contributed by atoms with van der Waals surface area (Å²) in [4.78, 5) is 27.4. The Labute approximate surface area is 249 Å². The largest absolute Gasteiger partial charge is 0.444 e. The van der Waals surface area contributed by atoms with Gasteiger partial charge in [-0.05, 0) is 51.3 Å². The minimum absolute atomic E-state index is 0.000533. The summed E-state index contributed by atoms with van der Waals surface area (Å²) in [7, 11) is 0. The lowest BCUT2D eigenvalue weighted by Crippen LogP contribution is -2.45. The number of amides is 1. The van der Waals surface area contributed by atoms with E-state index in [1.54, 1.807) is 11.8 Å². The molecule has 0 spiro atoms. The molecule has 7 nitrogen and oxygen atoms in total. The molecule has 1 heterocycles. The number of rotatable bonds is 12. The molecule has 4 atom stereocenters. The van der Waals surface area contributed by atoms with Gasteiger partial charge in [-0.1, -0.05) is 90.5 Å². The fraction of sp³-hybridized carbons (Fsp3) is 0.429. The highest BCUT2D eigenvalue weighted by atomic mass is 16.6. The highest BCUT2D eigenvalue weighted by Crippen LogP contribution is 2.32. The van der Waals surface area contributed by atoms with Crippen molar-refractivity contribution in [2.45, 2.75) is 90.8 Å². The zero-order valence-electron chi connectivity index (χ0n) is 25.3. The van der Waals surface area contributed by atoms with E-state index in [4.69, 9.17) is 18.9 Å². The molecule has 3 aromatic rings. The van der Waals surface area contributed by atoms with Gasteiger partial charge in [-0.3, -0.25) is 4.79 Å². The Morgan fingerprint density at radius 1 is 0.762 bits per heavy atom. The minimum atomic E-state index is -0.666. The number of aryl methyl sites for hydroxylation is 1. The van der Waals surface area contributed by atoms with E-state index in [9.17, 15) is 9.59 Å². The van der Waals surface area contributed by atoms with Gasteiger partial charge in [0.15, 0.2) is 0 Å². The zero-order chi connectivity index (χ0) is 30.1. The number of benzene rings is 3. The second kappa shape index (κ2) is 14.6. The molecule has 42 heavy (non-hydrogen) atoms. The molecule has 1 fully saturated rings. The van der Waals surface area contributed by atoms with Crippen LogP contribution in [0, 0.1) is 6.92 Å². The van der Waals surface area contributed by atoms with Crippen LogP contribution in [-0.4, -0.2) is 53.3 Å². The molecule has 0 N–H and O–H groups in total. The number of carbonyl (C=O) groups excluding carboxylic acids is 2. The Hall–Kier alpha value is -3.52. The van der Waals surface area contributed by atoms with Gasteiger partial charge in [-0.2, -0.15) is 0 Å². The summed E-state index contributed by atoms with van der Waals surface area (Å²) in [6.07, 6.45) is -2.35. The zero-order valence-corrected chi connectivity index (χ0v) is 25.3. The van der Waals surface area contributed by atoms with Crippen LogP contribution in [0.1, 0.15) is 56.4 Å². The Balaban J connectivity index is 1.61. The molecule has 7 heteroatoms. The first-order valence-electron chi connectivity index (χ1n) is 14.6. The van der Waals surface area contributed by atoms with Gasteiger partial charge in [-0.25, -0.2) is 4.79 Å². The van der Waals surface area contributed by atoms with Crippen LogP contribution in [0.25, 0.3) is 0 Å². The van der Waals surface area contributed by atoms with E-state index >= 15 is 0 Å². The standard InChI is InChI=1S/C35H43NO6/c1-25-16-18-27(19-17-25)21-36(34(38)42-35(3,4)5)22-31-33(40-24-29-14-10-7-11-15-29)32(30(41-31)20-26(2)37)39-23-28-12-8-6-9-13-28/h6-19,30-33H,20-24H2,1-5H3/t30-,31-,32+,33-/m1/s1. The van der Waals surface area contributed by atoms with Crippen LogP contribution in [0.4, 0.5) is 4.79 Å². The van der Waals surface area contributed by atoms with Crippen LogP contribution in [-0.2, 0) is 43.5 Å². The molecule has 1 amide bonds. The van der Waals surface area contributed by atoms with E-state index in [-0.39, 0.29) is 18.7 Å². The predicted octanol–water partition coefficient (Wildman–Crippen LogP) is 6.65. The first-order chi connectivity index (χ1) is 20.1. The lowest BCUT2D eigenvalue weighted by atomic mass is 10.0.